The van der Waals surface area contributed by atoms with Gasteiger partial charge in [-0.25, -0.2) is 9.59 Å². The van der Waals surface area contributed by atoms with Crippen molar-refractivity contribution in [1.29, 1.82) is 0 Å². The lowest BCUT2D eigenvalue weighted by atomic mass is 10.0. The van der Waals surface area contributed by atoms with Gasteiger partial charge in [0.25, 0.3) is 0 Å². The third kappa shape index (κ3) is 8.31. The number of rotatable bonds is 10. The normalized spacial score (nSPS) is 13.6. The van der Waals surface area contributed by atoms with Crippen molar-refractivity contribution in [2.45, 2.75) is 64.1 Å². The lowest BCUT2D eigenvalue weighted by Gasteiger charge is -2.40. The second kappa shape index (κ2) is 12.0. The topological polar surface area (TPSA) is 83.1 Å². The summed E-state index contributed by atoms with van der Waals surface area (Å²) in [5.41, 5.74) is 1.79. The van der Waals surface area contributed by atoms with Crippen molar-refractivity contribution in [2.75, 3.05) is 7.11 Å². The van der Waals surface area contributed by atoms with E-state index in [4.69, 9.17) is 14.1 Å². The minimum absolute atomic E-state index is 0.112. The Kier molecular flexibility index (Phi) is 9.64. The second-order valence-electron chi connectivity index (χ2n) is 9.37. The summed E-state index contributed by atoms with van der Waals surface area (Å²) >= 11 is 0. The molecule has 1 N–H and O–H groups in total. The molecule has 1 amide bonds. The summed E-state index contributed by atoms with van der Waals surface area (Å²) in [5.74, 6) is -0.702. The van der Waals surface area contributed by atoms with Crippen LogP contribution >= 0.6 is 0 Å². The van der Waals surface area contributed by atoms with Crippen LogP contribution in [-0.4, -0.2) is 39.6 Å². The maximum absolute atomic E-state index is 12.9. The summed E-state index contributed by atoms with van der Waals surface area (Å²) in [6.45, 7) is 10.4. The summed E-state index contributed by atoms with van der Waals surface area (Å²) in [7, 11) is -1.15. The minimum Gasteiger partial charge on any atom is -0.445 e. The van der Waals surface area contributed by atoms with Crippen LogP contribution in [0.25, 0.3) is 0 Å². The molecule has 8 heteroatoms. The molecule has 0 spiro atoms. The first-order valence-electron chi connectivity index (χ1n) is 11.0. The van der Waals surface area contributed by atoms with Crippen LogP contribution in [0.5, 0.6) is 0 Å². The molecule has 0 aromatic heterocycles. The zero-order valence-electron chi connectivity index (χ0n) is 20.3. The minimum atomic E-state index is -2.41. The number of hydrogen-bond acceptors (Lipinski definition) is 6. The van der Waals surface area contributed by atoms with Crippen LogP contribution in [0.4, 0.5) is 4.79 Å². The third-order valence-corrected chi connectivity index (χ3v) is 10.3. The van der Waals surface area contributed by atoms with Crippen molar-refractivity contribution in [2.24, 2.45) is 0 Å². The summed E-state index contributed by atoms with van der Waals surface area (Å²) in [4.78, 5) is 35.1. The fourth-order valence-electron chi connectivity index (χ4n) is 2.94. The van der Waals surface area contributed by atoms with E-state index in [0.717, 1.165) is 11.1 Å². The Hall–Kier alpha value is -2.68. The van der Waals surface area contributed by atoms with E-state index in [-0.39, 0.29) is 11.6 Å². The highest BCUT2D eigenvalue weighted by molar-refractivity contribution is 6.74. The first-order chi connectivity index (χ1) is 15.5. The van der Waals surface area contributed by atoms with Gasteiger partial charge in [-0.15, -0.1) is 0 Å². The Morgan fingerprint density at radius 3 is 2.00 bits per heavy atom. The molecule has 0 radical (unpaired) electrons. The predicted molar refractivity (Wildman–Crippen MR) is 129 cm³/mol. The van der Waals surface area contributed by atoms with Crippen molar-refractivity contribution in [1.82, 2.24) is 5.32 Å². The van der Waals surface area contributed by atoms with Gasteiger partial charge in [-0.05, 0) is 35.7 Å². The lowest BCUT2D eigenvalue weighted by Crippen LogP contribution is -2.56. The van der Waals surface area contributed by atoms with Crippen LogP contribution in [0.1, 0.15) is 31.9 Å². The molecule has 2 atom stereocenters. The molecular weight excluding hydrogens is 438 g/mol. The highest BCUT2D eigenvalue weighted by Gasteiger charge is 2.44. The molecule has 2 unspecified atom stereocenters. The van der Waals surface area contributed by atoms with E-state index in [1.807, 2.05) is 73.8 Å². The molecule has 180 valence electrons. The van der Waals surface area contributed by atoms with E-state index in [0.29, 0.717) is 6.42 Å². The zero-order chi connectivity index (χ0) is 24.5. The molecule has 0 aliphatic heterocycles. The summed E-state index contributed by atoms with van der Waals surface area (Å²) in [6, 6.07) is 18.2. The van der Waals surface area contributed by atoms with Crippen LogP contribution in [-0.2, 0) is 36.8 Å². The largest absolute Gasteiger partial charge is 0.445 e. The standard InChI is InChI=1S/C25H35NO6Si/c1-25(2,3)33(5,6)32-22(23(27)31-29-4)21(17-19-13-9-7-10-14-19)26-24(28)30-18-20-15-11-8-12-16-20/h7-16,21-22H,17-18H2,1-6H3,(H,26,28). The number of benzene rings is 2. The van der Waals surface area contributed by atoms with Crippen LogP contribution in [0.15, 0.2) is 60.7 Å². The predicted octanol–water partition coefficient (Wildman–Crippen LogP) is 5.02. The highest BCUT2D eigenvalue weighted by Crippen LogP contribution is 2.38. The monoisotopic (exact) mass is 473 g/mol. The Morgan fingerprint density at radius 1 is 0.939 bits per heavy atom. The molecule has 7 nitrogen and oxygen atoms in total. The van der Waals surface area contributed by atoms with Crippen molar-refractivity contribution in [3.63, 3.8) is 0 Å². The fraction of sp³-hybridized carbons (Fsp3) is 0.440. The molecule has 0 aliphatic rings. The zero-order valence-corrected chi connectivity index (χ0v) is 21.3. The molecular formula is C25H35NO6Si. The number of carbonyl (C=O) groups excluding carboxylic acids is 2. The van der Waals surface area contributed by atoms with E-state index < -0.39 is 32.5 Å². The van der Waals surface area contributed by atoms with Gasteiger partial charge in [0, 0.05) is 0 Å². The van der Waals surface area contributed by atoms with Gasteiger partial charge in [-0.1, -0.05) is 81.4 Å². The Bertz CT molecular complexity index is 883. The number of nitrogens with one attached hydrogen (secondary N) is 1. The second-order valence-corrected chi connectivity index (χ2v) is 14.1. The van der Waals surface area contributed by atoms with E-state index in [9.17, 15) is 9.59 Å². The molecule has 33 heavy (non-hydrogen) atoms. The van der Waals surface area contributed by atoms with Gasteiger partial charge in [-0.2, -0.15) is 4.89 Å². The van der Waals surface area contributed by atoms with Gasteiger partial charge in [0.2, 0.25) is 0 Å². The number of alkyl carbamates (subject to hydrolysis) is 1. The van der Waals surface area contributed by atoms with Gasteiger partial charge < -0.3 is 14.5 Å². The first-order valence-corrected chi connectivity index (χ1v) is 13.9. The Labute approximate surface area is 197 Å². The average Bonchev–Trinajstić information content (AvgIpc) is 2.76. The smallest absolute Gasteiger partial charge is 0.407 e. The van der Waals surface area contributed by atoms with Crippen molar-refractivity contribution in [3.8, 4) is 0 Å². The van der Waals surface area contributed by atoms with Gasteiger partial charge >= 0.3 is 12.1 Å². The molecule has 0 aliphatic carbocycles. The Balaban J connectivity index is 2.27. The molecule has 0 heterocycles. The Morgan fingerprint density at radius 2 is 1.48 bits per heavy atom. The third-order valence-electron chi connectivity index (χ3n) is 5.81. The molecule has 0 fully saturated rings. The fourth-order valence-corrected chi connectivity index (χ4v) is 4.19. The van der Waals surface area contributed by atoms with Gasteiger partial charge in [0.05, 0.1) is 13.2 Å². The van der Waals surface area contributed by atoms with Crippen LogP contribution in [0.3, 0.4) is 0 Å². The van der Waals surface area contributed by atoms with E-state index in [2.05, 4.69) is 31.0 Å². The van der Waals surface area contributed by atoms with Crippen molar-refractivity contribution >= 4 is 20.4 Å². The SMILES string of the molecule is COOC(=O)C(O[Si](C)(C)C(C)(C)C)C(Cc1ccccc1)NC(=O)OCc1ccccc1. The van der Waals surface area contributed by atoms with Gasteiger partial charge in [0.1, 0.15) is 6.61 Å². The van der Waals surface area contributed by atoms with Crippen LogP contribution in [0.2, 0.25) is 18.1 Å². The quantitative estimate of drug-likeness (QED) is 0.296. The summed E-state index contributed by atoms with van der Waals surface area (Å²) < 4.78 is 11.8. The van der Waals surface area contributed by atoms with E-state index in [1.54, 1.807) is 0 Å². The number of amides is 1. The number of hydrogen-bond donors (Lipinski definition) is 1. The van der Waals surface area contributed by atoms with Crippen molar-refractivity contribution < 1.29 is 28.5 Å². The number of ether oxygens (including phenoxy) is 1. The van der Waals surface area contributed by atoms with Gasteiger partial charge in [0.15, 0.2) is 14.4 Å². The average molecular weight is 474 g/mol. The summed E-state index contributed by atoms with van der Waals surface area (Å²) in [5, 5.41) is 2.67. The molecule has 2 aromatic rings. The van der Waals surface area contributed by atoms with Crippen molar-refractivity contribution in [3.05, 3.63) is 71.8 Å². The molecule has 0 bridgehead atoms. The first kappa shape index (κ1) is 26.6. The molecule has 2 rings (SSSR count). The maximum Gasteiger partial charge on any atom is 0.407 e. The van der Waals surface area contributed by atoms with Crippen LogP contribution < -0.4 is 5.32 Å². The van der Waals surface area contributed by atoms with E-state index >= 15 is 0 Å². The lowest BCUT2D eigenvalue weighted by molar-refractivity contribution is -0.262. The molecule has 0 saturated carbocycles. The summed E-state index contributed by atoms with van der Waals surface area (Å²) in [6.07, 6.45) is -1.37. The van der Waals surface area contributed by atoms with Crippen LogP contribution in [0, 0.1) is 0 Å². The van der Waals surface area contributed by atoms with Gasteiger partial charge in [-0.3, -0.25) is 4.89 Å². The molecule has 0 saturated heterocycles. The highest BCUT2D eigenvalue weighted by atomic mass is 28.4. The number of carbonyl (C=O) groups is 2. The maximum atomic E-state index is 12.9. The van der Waals surface area contributed by atoms with E-state index in [1.165, 1.54) is 7.11 Å². The molecule has 2 aromatic carbocycles.